The first-order chi connectivity index (χ1) is 7.59. The van der Waals surface area contributed by atoms with E-state index in [1.165, 1.54) is 0 Å². The number of aromatic nitrogens is 2. The summed E-state index contributed by atoms with van der Waals surface area (Å²) in [6.45, 7) is 2.29. The highest BCUT2D eigenvalue weighted by Gasteiger charge is 2.04. The van der Waals surface area contributed by atoms with Crippen molar-refractivity contribution in [1.82, 2.24) is 15.1 Å². The Bertz CT molecular complexity index is 334. The van der Waals surface area contributed by atoms with Crippen molar-refractivity contribution in [1.29, 1.82) is 0 Å². The highest BCUT2D eigenvalue weighted by Crippen LogP contribution is 1.97. The van der Waals surface area contributed by atoms with Crippen molar-refractivity contribution >= 4 is 5.91 Å². The Morgan fingerprint density at radius 2 is 2.44 bits per heavy atom. The first-order valence-electron chi connectivity index (χ1n) is 5.51. The molecule has 0 bridgehead atoms. The SMILES string of the molecule is CC(O)CCC(=O)NCCc1ccnn1C. The van der Waals surface area contributed by atoms with Gasteiger partial charge in [-0.25, -0.2) is 0 Å². The summed E-state index contributed by atoms with van der Waals surface area (Å²) in [5, 5.41) is 15.9. The van der Waals surface area contributed by atoms with E-state index < -0.39 is 6.10 Å². The molecule has 1 aromatic heterocycles. The molecule has 90 valence electrons. The van der Waals surface area contributed by atoms with Gasteiger partial charge in [0.15, 0.2) is 0 Å². The standard InChI is InChI=1S/C11H19N3O2/c1-9(15)3-4-11(16)12-7-5-10-6-8-13-14(10)2/h6,8-9,15H,3-5,7H2,1-2H3,(H,12,16). The number of rotatable bonds is 6. The van der Waals surface area contributed by atoms with Gasteiger partial charge in [0.25, 0.3) is 0 Å². The van der Waals surface area contributed by atoms with Gasteiger partial charge in [0.05, 0.1) is 6.10 Å². The normalized spacial score (nSPS) is 12.4. The summed E-state index contributed by atoms with van der Waals surface area (Å²) in [6.07, 6.45) is 2.99. The maximum absolute atomic E-state index is 11.3. The topological polar surface area (TPSA) is 67.2 Å². The van der Waals surface area contributed by atoms with Crippen LogP contribution < -0.4 is 5.32 Å². The largest absolute Gasteiger partial charge is 0.393 e. The first-order valence-corrected chi connectivity index (χ1v) is 5.51. The fourth-order valence-electron chi connectivity index (χ4n) is 1.40. The number of hydrogen-bond acceptors (Lipinski definition) is 3. The molecule has 2 N–H and O–H groups in total. The highest BCUT2D eigenvalue weighted by molar-refractivity contribution is 5.75. The fraction of sp³-hybridized carbons (Fsp3) is 0.636. The van der Waals surface area contributed by atoms with E-state index in [4.69, 9.17) is 5.11 Å². The Morgan fingerprint density at radius 3 is 3.00 bits per heavy atom. The van der Waals surface area contributed by atoms with Gasteiger partial charge in [-0.05, 0) is 19.4 Å². The molecular weight excluding hydrogens is 206 g/mol. The molecule has 1 amide bonds. The molecule has 0 saturated carbocycles. The summed E-state index contributed by atoms with van der Waals surface area (Å²) in [5.41, 5.74) is 1.09. The summed E-state index contributed by atoms with van der Waals surface area (Å²) in [6, 6.07) is 1.93. The van der Waals surface area contributed by atoms with Crippen LogP contribution in [0.1, 0.15) is 25.5 Å². The Balaban J connectivity index is 2.16. The predicted octanol–water partition coefficient (Wildman–Crippen LogP) is 0.240. The molecule has 0 radical (unpaired) electrons. The molecule has 1 atom stereocenters. The van der Waals surface area contributed by atoms with Gasteiger partial charge < -0.3 is 10.4 Å². The molecule has 0 saturated heterocycles. The van der Waals surface area contributed by atoms with Crippen LogP contribution in [0, 0.1) is 0 Å². The highest BCUT2D eigenvalue weighted by atomic mass is 16.3. The van der Waals surface area contributed by atoms with Gasteiger partial charge >= 0.3 is 0 Å². The second-order valence-electron chi connectivity index (χ2n) is 3.93. The van der Waals surface area contributed by atoms with Crippen LogP contribution >= 0.6 is 0 Å². The smallest absolute Gasteiger partial charge is 0.220 e. The van der Waals surface area contributed by atoms with Gasteiger partial charge in [-0.15, -0.1) is 0 Å². The number of carbonyl (C=O) groups excluding carboxylic acids is 1. The number of nitrogens with one attached hydrogen (secondary N) is 1. The van der Waals surface area contributed by atoms with Gasteiger partial charge in [0, 0.05) is 38.3 Å². The molecule has 0 aromatic carbocycles. The van der Waals surface area contributed by atoms with Crippen molar-refractivity contribution in [2.75, 3.05) is 6.54 Å². The van der Waals surface area contributed by atoms with Crippen molar-refractivity contribution in [3.05, 3.63) is 18.0 Å². The molecule has 0 aliphatic heterocycles. The van der Waals surface area contributed by atoms with Crippen LogP contribution in [0.5, 0.6) is 0 Å². The van der Waals surface area contributed by atoms with Gasteiger partial charge in [-0.2, -0.15) is 5.10 Å². The van der Waals surface area contributed by atoms with Crippen LogP contribution in [0.4, 0.5) is 0 Å². The molecule has 0 aliphatic rings. The lowest BCUT2D eigenvalue weighted by molar-refractivity contribution is -0.121. The van der Waals surface area contributed by atoms with E-state index >= 15 is 0 Å². The lowest BCUT2D eigenvalue weighted by Crippen LogP contribution is -2.26. The summed E-state index contributed by atoms with van der Waals surface area (Å²) >= 11 is 0. The van der Waals surface area contributed by atoms with E-state index in [0.717, 1.165) is 12.1 Å². The predicted molar refractivity (Wildman–Crippen MR) is 60.8 cm³/mol. The molecule has 1 aromatic rings. The van der Waals surface area contributed by atoms with Crippen molar-refractivity contribution in [3.8, 4) is 0 Å². The van der Waals surface area contributed by atoms with Crippen LogP contribution in [-0.4, -0.2) is 33.4 Å². The zero-order valence-corrected chi connectivity index (χ0v) is 9.81. The molecule has 5 heteroatoms. The lowest BCUT2D eigenvalue weighted by Gasteiger charge is -2.06. The number of carbonyl (C=O) groups is 1. The van der Waals surface area contributed by atoms with E-state index in [1.807, 2.05) is 13.1 Å². The zero-order chi connectivity index (χ0) is 12.0. The molecule has 1 rings (SSSR count). The Hall–Kier alpha value is -1.36. The van der Waals surface area contributed by atoms with E-state index in [-0.39, 0.29) is 5.91 Å². The van der Waals surface area contributed by atoms with E-state index in [1.54, 1.807) is 17.8 Å². The quantitative estimate of drug-likeness (QED) is 0.728. The van der Waals surface area contributed by atoms with Crippen LogP contribution in [0.3, 0.4) is 0 Å². The summed E-state index contributed by atoms with van der Waals surface area (Å²) in [4.78, 5) is 11.3. The number of amides is 1. The molecule has 0 fully saturated rings. The summed E-state index contributed by atoms with van der Waals surface area (Å²) in [7, 11) is 1.88. The molecule has 16 heavy (non-hydrogen) atoms. The fourth-order valence-corrected chi connectivity index (χ4v) is 1.40. The van der Waals surface area contributed by atoms with Crippen molar-refractivity contribution in [2.24, 2.45) is 7.05 Å². The molecule has 0 spiro atoms. The number of nitrogens with zero attached hydrogens (tertiary/aromatic N) is 2. The number of aliphatic hydroxyl groups excluding tert-OH is 1. The van der Waals surface area contributed by atoms with E-state index in [0.29, 0.717) is 19.4 Å². The third-order valence-electron chi connectivity index (χ3n) is 2.41. The van der Waals surface area contributed by atoms with Gasteiger partial charge in [0.2, 0.25) is 5.91 Å². The maximum atomic E-state index is 11.3. The third kappa shape index (κ3) is 4.44. The average Bonchev–Trinajstić information content (AvgIpc) is 2.61. The van der Waals surface area contributed by atoms with Crippen molar-refractivity contribution < 1.29 is 9.90 Å². The number of hydrogen-bond donors (Lipinski definition) is 2. The molecular formula is C11H19N3O2. The van der Waals surface area contributed by atoms with Crippen molar-refractivity contribution in [3.63, 3.8) is 0 Å². The minimum atomic E-state index is -0.414. The molecule has 1 unspecified atom stereocenters. The second kappa shape index (κ2) is 6.27. The minimum Gasteiger partial charge on any atom is -0.393 e. The lowest BCUT2D eigenvalue weighted by atomic mass is 10.2. The maximum Gasteiger partial charge on any atom is 0.220 e. The van der Waals surface area contributed by atoms with Crippen molar-refractivity contribution in [2.45, 2.75) is 32.3 Å². The van der Waals surface area contributed by atoms with Crippen LogP contribution in [-0.2, 0) is 18.3 Å². The second-order valence-corrected chi connectivity index (χ2v) is 3.93. The first kappa shape index (κ1) is 12.7. The monoisotopic (exact) mass is 225 g/mol. The van der Waals surface area contributed by atoms with Gasteiger partial charge in [-0.3, -0.25) is 9.48 Å². The van der Waals surface area contributed by atoms with Gasteiger partial charge in [-0.1, -0.05) is 0 Å². The molecule has 0 aliphatic carbocycles. The van der Waals surface area contributed by atoms with Gasteiger partial charge in [0.1, 0.15) is 0 Å². The van der Waals surface area contributed by atoms with Crippen LogP contribution in [0.2, 0.25) is 0 Å². The zero-order valence-electron chi connectivity index (χ0n) is 9.81. The Morgan fingerprint density at radius 1 is 1.69 bits per heavy atom. The van der Waals surface area contributed by atoms with E-state index in [9.17, 15) is 4.79 Å². The molecule has 5 nitrogen and oxygen atoms in total. The Labute approximate surface area is 95.5 Å². The molecule has 1 heterocycles. The van der Waals surface area contributed by atoms with E-state index in [2.05, 4.69) is 10.4 Å². The summed E-state index contributed by atoms with van der Waals surface area (Å²) < 4.78 is 1.79. The number of aryl methyl sites for hydroxylation is 1. The minimum absolute atomic E-state index is 0.0110. The van der Waals surface area contributed by atoms with Crippen LogP contribution in [0.25, 0.3) is 0 Å². The Kier molecular flexibility index (Phi) is 4.98. The number of aliphatic hydroxyl groups is 1. The third-order valence-corrected chi connectivity index (χ3v) is 2.41. The van der Waals surface area contributed by atoms with Crippen LogP contribution in [0.15, 0.2) is 12.3 Å². The average molecular weight is 225 g/mol. The summed E-state index contributed by atoms with van der Waals surface area (Å²) in [5.74, 6) is -0.0110.